The Morgan fingerprint density at radius 1 is 1.48 bits per heavy atom. The van der Waals surface area contributed by atoms with Gasteiger partial charge in [-0.25, -0.2) is 9.97 Å². The Morgan fingerprint density at radius 3 is 3.30 bits per heavy atom. The van der Waals surface area contributed by atoms with Gasteiger partial charge in [-0.2, -0.15) is 0 Å². The van der Waals surface area contributed by atoms with E-state index in [-0.39, 0.29) is 5.91 Å². The monoisotopic (exact) mass is 331 g/mol. The van der Waals surface area contributed by atoms with Crippen LogP contribution in [0.2, 0.25) is 0 Å². The van der Waals surface area contributed by atoms with Gasteiger partial charge in [0.15, 0.2) is 5.13 Å². The van der Waals surface area contributed by atoms with E-state index in [0.29, 0.717) is 6.54 Å². The number of aryl methyl sites for hydroxylation is 1. The molecule has 1 aliphatic heterocycles. The van der Waals surface area contributed by atoms with Crippen LogP contribution in [0.3, 0.4) is 0 Å². The van der Waals surface area contributed by atoms with Crippen molar-refractivity contribution < 1.29 is 4.79 Å². The number of nitrogens with zero attached hydrogens (tertiary/aromatic N) is 3. The summed E-state index contributed by atoms with van der Waals surface area (Å²) in [5.74, 6) is 0.746. The number of fused-ring (bicyclic) bond motifs is 2. The standard InChI is InChI=1S/C16H21N5OS/c1-10-2-3-12-14(6-10)23-16(19-12)20-15(22)8-21-5-4-11-13(7-21)18-9-17-11/h9-10H,2-8H2,1H3,(H,17,18)(H,19,20,22). The third kappa shape index (κ3) is 3.16. The Morgan fingerprint density at radius 2 is 2.39 bits per heavy atom. The largest absolute Gasteiger partial charge is 0.347 e. The summed E-state index contributed by atoms with van der Waals surface area (Å²) in [7, 11) is 0. The molecule has 0 saturated carbocycles. The minimum absolute atomic E-state index is 0.0205. The first-order chi connectivity index (χ1) is 11.2. The van der Waals surface area contributed by atoms with Gasteiger partial charge in [0.05, 0.1) is 30.0 Å². The third-order valence-electron chi connectivity index (χ3n) is 4.65. The summed E-state index contributed by atoms with van der Waals surface area (Å²) < 4.78 is 0. The summed E-state index contributed by atoms with van der Waals surface area (Å²) in [4.78, 5) is 27.8. The lowest BCUT2D eigenvalue weighted by Gasteiger charge is -2.25. The molecule has 0 radical (unpaired) electrons. The van der Waals surface area contributed by atoms with Gasteiger partial charge in [0.1, 0.15) is 0 Å². The zero-order chi connectivity index (χ0) is 15.8. The number of rotatable bonds is 3. The number of carbonyl (C=O) groups excluding carboxylic acids is 1. The van der Waals surface area contributed by atoms with Gasteiger partial charge >= 0.3 is 0 Å². The summed E-state index contributed by atoms with van der Waals surface area (Å²) in [6.45, 7) is 4.31. The Labute approximate surface area is 139 Å². The number of aromatic amines is 1. The smallest absolute Gasteiger partial charge is 0.240 e. The van der Waals surface area contributed by atoms with E-state index in [1.54, 1.807) is 17.7 Å². The molecule has 7 heteroatoms. The summed E-state index contributed by atoms with van der Waals surface area (Å²) in [5.41, 5.74) is 3.44. The maximum Gasteiger partial charge on any atom is 0.240 e. The molecule has 1 aliphatic carbocycles. The highest BCUT2D eigenvalue weighted by Crippen LogP contribution is 2.32. The fourth-order valence-electron chi connectivity index (χ4n) is 3.36. The van der Waals surface area contributed by atoms with Crippen LogP contribution in [-0.4, -0.2) is 38.8 Å². The van der Waals surface area contributed by atoms with E-state index in [2.05, 4.69) is 32.1 Å². The predicted molar refractivity (Wildman–Crippen MR) is 89.5 cm³/mol. The number of imidazole rings is 1. The molecule has 0 fully saturated rings. The van der Waals surface area contributed by atoms with E-state index >= 15 is 0 Å². The van der Waals surface area contributed by atoms with Crippen LogP contribution in [0.1, 0.15) is 35.3 Å². The van der Waals surface area contributed by atoms with E-state index in [0.717, 1.165) is 54.8 Å². The zero-order valence-corrected chi connectivity index (χ0v) is 14.1. The number of nitrogens with one attached hydrogen (secondary N) is 2. The molecule has 1 amide bonds. The lowest BCUT2D eigenvalue weighted by atomic mass is 9.93. The van der Waals surface area contributed by atoms with Crippen LogP contribution in [0.5, 0.6) is 0 Å². The molecule has 2 aromatic rings. The molecule has 0 aromatic carbocycles. The average molecular weight is 331 g/mol. The van der Waals surface area contributed by atoms with E-state index in [1.165, 1.54) is 17.0 Å². The second kappa shape index (κ2) is 6.05. The number of amides is 1. The van der Waals surface area contributed by atoms with Crippen LogP contribution < -0.4 is 5.32 Å². The van der Waals surface area contributed by atoms with Gasteiger partial charge in [0.25, 0.3) is 0 Å². The molecule has 3 heterocycles. The first kappa shape index (κ1) is 14.8. The summed E-state index contributed by atoms with van der Waals surface area (Å²) in [6, 6.07) is 0. The number of carbonyl (C=O) groups is 1. The molecular formula is C16H21N5OS. The van der Waals surface area contributed by atoms with E-state index in [9.17, 15) is 4.79 Å². The Bertz CT molecular complexity index is 722. The first-order valence-electron chi connectivity index (χ1n) is 8.19. The highest BCUT2D eigenvalue weighted by Gasteiger charge is 2.22. The van der Waals surface area contributed by atoms with Crippen LogP contribution in [0.15, 0.2) is 6.33 Å². The minimum Gasteiger partial charge on any atom is -0.347 e. The minimum atomic E-state index is 0.0205. The van der Waals surface area contributed by atoms with Gasteiger partial charge in [-0.3, -0.25) is 9.69 Å². The SMILES string of the molecule is CC1CCc2nc(NC(=O)CN3CCc4nc[nH]c4C3)sc2C1. The highest BCUT2D eigenvalue weighted by molar-refractivity contribution is 7.15. The molecule has 122 valence electrons. The second-order valence-electron chi connectivity index (χ2n) is 6.57. The van der Waals surface area contributed by atoms with Crippen molar-refractivity contribution in [2.45, 2.75) is 39.2 Å². The van der Waals surface area contributed by atoms with Crippen molar-refractivity contribution in [2.75, 3.05) is 18.4 Å². The highest BCUT2D eigenvalue weighted by atomic mass is 32.1. The van der Waals surface area contributed by atoms with Crippen molar-refractivity contribution in [3.05, 3.63) is 28.3 Å². The van der Waals surface area contributed by atoms with Gasteiger partial charge in [-0.1, -0.05) is 6.92 Å². The lowest BCUT2D eigenvalue weighted by molar-refractivity contribution is -0.117. The van der Waals surface area contributed by atoms with Gasteiger partial charge < -0.3 is 10.3 Å². The van der Waals surface area contributed by atoms with Gasteiger partial charge in [-0.15, -0.1) is 11.3 Å². The molecule has 1 unspecified atom stereocenters. The molecule has 0 bridgehead atoms. The molecular weight excluding hydrogens is 310 g/mol. The molecule has 2 aromatic heterocycles. The summed E-state index contributed by atoms with van der Waals surface area (Å²) in [6.07, 6.45) is 5.96. The van der Waals surface area contributed by atoms with Gasteiger partial charge in [0.2, 0.25) is 5.91 Å². The Hall–Kier alpha value is -1.73. The topological polar surface area (TPSA) is 73.9 Å². The predicted octanol–water partition coefficient (Wildman–Crippen LogP) is 1.99. The van der Waals surface area contributed by atoms with Crippen molar-refractivity contribution in [1.82, 2.24) is 19.9 Å². The molecule has 2 N–H and O–H groups in total. The third-order valence-corrected chi connectivity index (χ3v) is 5.69. The zero-order valence-electron chi connectivity index (χ0n) is 13.3. The number of H-pyrrole nitrogens is 1. The van der Waals surface area contributed by atoms with Crippen LogP contribution in [-0.2, 0) is 30.6 Å². The summed E-state index contributed by atoms with van der Waals surface area (Å²) >= 11 is 1.64. The van der Waals surface area contributed by atoms with E-state index in [4.69, 9.17) is 0 Å². The lowest BCUT2D eigenvalue weighted by Crippen LogP contribution is -2.37. The fraction of sp³-hybridized carbons (Fsp3) is 0.562. The van der Waals surface area contributed by atoms with Crippen molar-refractivity contribution >= 4 is 22.4 Å². The average Bonchev–Trinajstić information content (AvgIpc) is 3.11. The van der Waals surface area contributed by atoms with Crippen LogP contribution in [0, 0.1) is 5.92 Å². The number of thiazole rings is 1. The molecule has 2 aliphatic rings. The van der Waals surface area contributed by atoms with Gasteiger partial charge in [0, 0.05) is 24.4 Å². The fourth-order valence-corrected chi connectivity index (χ4v) is 4.55. The number of anilines is 1. The number of hydrogen-bond acceptors (Lipinski definition) is 5. The van der Waals surface area contributed by atoms with Crippen molar-refractivity contribution in [2.24, 2.45) is 5.92 Å². The molecule has 6 nitrogen and oxygen atoms in total. The molecule has 4 rings (SSSR count). The summed E-state index contributed by atoms with van der Waals surface area (Å²) in [5, 5.41) is 3.74. The quantitative estimate of drug-likeness (QED) is 0.902. The van der Waals surface area contributed by atoms with Crippen molar-refractivity contribution in [3.8, 4) is 0 Å². The molecule has 0 saturated heterocycles. The normalized spacial score (nSPS) is 20.8. The van der Waals surface area contributed by atoms with Gasteiger partial charge in [-0.05, 0) is 25.2 Å². The Balaban J connectivity index is 1.36. The molecule has 23 heavy (non-hydrogen) atoms. The van der Waals surface area contributed by atoms with E-state index < -0.39 is 0 Å². The number of hydrogen-bond donors (Lipinski definition) is 2. The Kier molecular flexibility index (Phi) is 3.90. The maximum atomic E-state index is 12.3. The number of aromatic nitrogens is 3. The van der Waals surface area contributed by atoms with E-state index in [1.807, 2.05) is 0 Å². The molecule has 0 spiro atoms. The van der Waals surface area contributed by atoms with Crippen molar-refractivity contribution in [1.29, 1.82) is 0 Å². The molecule has 1 atom stereocenters. The maximum absolute atomic E-state index is 12.3. The second-order valence-corrected chi connectivity index (χ2v) is 7.66. The van der Waals surface area contributed by atoms with Crippen LogP contribution >= 0.6 is 11.3 Å². The van der Waals surface area contributed by atoms with Crippen LogP contribution in [0.4, 0.5) is 5.13 Å². The van der Waals surface area contributed by atoms with Crippen LogP contribution in [0.25, 0.3) is 0 Å². The van der Waals surface area contributed by atoms with Crippen molar-refractivity contribution in [3.63, 3.8) is 0 Å². The first-order valence-corrected chi connectivity index (χ1v) is 9.01.